The van der Waals surface area contributed by atoms with Crippen molar-refractivity contribution in [2.45, 2.75) is 26.3 Å². The van der Waals surface area contributed by atoms with Crippen LogP contribution in [0.3, 0.4) is 0 Å². The Morgan fingerprint density at radius 3 is 2.88 bits per heavy atom. The zero-order chi connectivity index (χ0) is 12.0. The highest BCUT2D eigenvalue weighted by atomic mass is 32.1. The first kappa shape index (κ1) is 12.7. The van der Waals surface area contributed by atoms with Gasteiger partial charge in [-0.1, -0.05) is 6.07 Å². The van der Waals surface area contributed by atoms with Crippen LogP contribution in [0.4, 0.5) is 0 Å². The molecule has 4 nitrogen and oxygen atoms in total. The Bertz CT molecular complexity index is 348. The lowest BCUT2D eigenvalue weighted by Gasteiger charge is -2.11. The van der Waals surface area contributed by atoms with Gasteiger partial charge in [0, 0.05) is 4.88 Å². The van der Waals surface area contributed by atoms with E-state index in [2.05, 4.69) is 5.32 Å². The van der Waals surface area contributed by atoms with Crippen molar-refractivity contribution in [3.05, 3.63) is 22.4 Å². The summed E-state index contributed by atoms with van der Waals surface area (Å²) in [7, 11) is 0. The molecular weight excluding hydrogens is 226 g/mol. The predicted octanol–water partition coefficient (Wildman–Crippen LogP) is 1.36. The molecule has 0 bridgehead atoms. The van der Waals surface area contributed by atoms with Crippen LogP contribution >= 0.6 is 11.3 Å². The Balaban J connectivity index is 2.36. The molecule has 0 spiro atoms. The maximum atomic E-state index is 11.5. The lowest BCUT2D eigenvalue weighted by molar-refractivity contribution is -0.146. The number of amides is 1. The van der Waals surface area contributed by atoms with Crippen molar-refractivity contribution >= 4 is 23.2 Å². The van der Waals surface area contributed by atoms with Crippen molar-refractivity contribution in [2.75, 3.05) is 6.61 Å². The molecule has 1 heterocycles. The molecule has 0 aliphatic heterocycles. The first-order chi connectivity index (χ1) is 7.63. The van der Waals surface area contributed by atoms with Crippen LogP contribution in [0.2, 0.25) is 0 Å². The molecule has 1 N–H and O–H groups in total. The third kappa shape index (κ3) is 4.02. The van der Waals surface area contributed by atoms with Gasteiger partial charge in [0.15, 0.2) is 0 Å². The van der Waals surface area contributed by atoms with E-state index in [-0.39, 0.29) is 5.91 Å². The van der Waals surface area contributed by atoms with Gasteiger partial charge in [-0.25, -0.2) is 4.79 Å². The number of esters is 1. The first-order valence-electron chi connectivity index (χ1n) is 5.12. The molecule has 16 heavy (non-hydrogen) atoms. The van der Waals surface area contributed by atoms with Crippen LogP contribution in [0.5, 0.6) is 0 Å². The maximum Gasteiger partial charge on any atom is 0.328 e. The van der Waals surface area contributed by atoms with E-state index < -0.39 is 12.0 Å². The summed E-state index contributed by atoms with van der Waals surface area (Å²) in [4.78, 5) is 23.7. The minimum atomic E-state index is -0.590. The quantitative estimate of drug-likeness (QED) is 0.792. The molecule has 0 aliphatic rings. The zero-order valence-corrected chi connectivity index (χ0v) is 10.2. The van der Waals surface area contributed by atoms with Crippen LogP contribution < -0.4 is 5.32 Å². The van der Waals surface area contributed by atoms with E-state index in [4.69, 9.17) is 4.74 Å². The number of hydrogen-bond acceptors (Lipinski definition) is 4. The summed E-state index contributed by atoms with van der Waals surface area (Å²) in [5.74, 6) is -0.565. The number of carbonyl (C=O) groups excluding carboxylic acids is 2. The summed E-state index contributed by atoms with van der Waals surface area (Å²) in [6.45, 7) is 3.67. The number of thiophene rings is 1. The van der Waals surface area contributed by atoms with Crippen LogP contribution in [0.25, 0.3) is 0 Å². The van der Waals surface area contributed by atoms with Gasteiger partial charge in [0.05, 0.1) is 13.0 Å². The van der Waals surface area contributed by atoms with Gasteiger partial charge in [-0.3, -0.25) is 4.79 Å². The Hall–Kier alpha value is -1.36. The van der Waals surface area contributed by atoms with Crippen LogP contribution in [-0.4, -0.2) is 24.5 Å². The van der Waals surface area contributed by atoms with Gasteiger partial charge in [0.1, 0.15) is 6.04 Å². The average Bonchev–Trinajstić information content (AvgIpc) is 2.70. The summed E-state index contributed by atoms with van der Waals surface area (Å²) in [6.07, 6.45) is 0.307. The number of hydrogen-bond donors (Lipinski definition) is 1. The van der Waals surface area contributed by atoms with Crippen molar-refractivity contribution in [3.8, 4) is 0 Å². The van der Waals surface area contributed by atoms with Gasteiger partial charge >= 0.3 is 5.97 Å². The standard InChI is InChI=1S/C11H15NO3S/c1-3-15-11(14)8(2)12-10(13)7-9-5-4-6-16-9/h4-6,8H,3,7H2,1-2H3,(H,12,13). The number of carbonyl (C=O) groups is 2. The van der Waals surface area contributed by atoms with E-state index >= 15 is 0 Å². The molecule has 0 fully saturated rings. The molecule has 1 amide bonds. The Morgan fingerprint density at radius 1 is 1.56 bits per heavy atom. The molecule has 0 saturated heterocycles. The molecule has 5 heteroatoms. The smallest absolute Gasteiger partial charge is 0.328 e. The molecule has 1 rings (SSSR count). The predicted molar refractivity (Wildman–Crippen MR) is 62.3 cm³/mol. The summed E-state index contributed by atoms with van der Waals surface area (Å²) < 4.78 is 4.79. The molecule has 0 saturated carbocycles. The fourth-order valence-corrected chi connectivity index (χ4v) is 1.89. The van der Waals surface area contributed by atoms with Crippen LogP contribution in [0.1, 0.15) is 18.7 Å². The molecule has 1 aromatic heterocycles. The normalized spacial score (nSPS) is 11.9. The third-order valence-electron chi connectivity index (χ3n) is 1.93. The SMILES string of the molecule is CCOC(=O)C(C)NC(=O)Cc1cccs1. The Morgan fingerprint density at radius 2 is 2.31 bits per heavy atom. The second-order valence-corrected chi connectivity index (χ2v) is 4.33. The van der Waals surface area contributed by atoms with Gasteiger partial charge in [-0.2, -0.15) is 0 Å². The summed E-state index contributed by atoms with van der Waals surface area (Å²) in [5, 5.41) is 4.51. The van der Waals surface area contributed by atoms with E-state index in [9.17, 15) is 9.59 Å². The third-order valence-corrected chi connectivity index (χ3v) is 2.81. The van der Waals surface area contributed by atoms with Crippen LogP contribution in [-0.2, 0) is 20.7 Å². The van der Waals surface area contributed by atoms with Gasteiger partial charge in [0.25, 0.3) is 0 Å². The minimum Gasteiger partial charge on any atom is -0.464 e. The maximum absolute atomic E-state index is 11.5. The molecular formula is C11H15NO3S. The molecule has 0 aliphatic carbocycles. The summed E-state index contributed by atoms with van der Waals surface area (Å²) >= 11 is 1.52. The topological polar surface area (TPSA) is 55.4 Å². The summed E-state index contributed by atoms with van der Waals surface area (Å²) in [5.41, 5.74) is 0. The van der Waals surface area contributed by atoms with Crippen molar-refractivity contribution in [3.63, 3.8) is 0 Å². The first-order valence-corrected chi connectivity index (χ1v) is 5.99. The zero-order valence-electron chi connectivity index (χ0n) is 9.36. The van der Waals surface area contributed by atoms with E-state index in [1.165, 1.54) is 11.3 Å². The van der Waals surface area contributed by atoms with Crippen LogP contribution in [0.15, 0.2) is 17.5 Å². The molecule has 0 aromatic carbocycles. The highest BCUT2D eigenvalue weighted by Gasteiger charge is 2.16. The van der Waals surface area contributed by atoms with E-state index in [1.807, 2.05) is 17.5 Å². The molecule has 0 radical (unpaired) electrons. The monoisotopic (exact) mass is 241 g/mol. The van der Waals surface area contributed by atoms with Crippen molar-refractivity contribution < 1.29 is 14.3 Å². The Labute approximate surface area is 98.6 Å². The van der Waals surface area contributed by atoms with Crippen molar-refractivity contribution in [2.24, 2.45) is 0 Å². The number of ether oxygens (including phenoxy) is 1. The van der Waals surface area contributed by atoms with Gasteiger partial charge in [-0.05, 0) is 25.3 Å². The molecule has 1 aromatic rings. The Kier molecular flexibility index (Phi) is 4.98. The fraction of sp³-hybridized carbons (Fsp3) is 0.455. The highest BCUT2D eigenvalue weighted by molar-refractivity contribution is 7.10. The lowest BCUT2D eigenvalue weighted by Crippen LogP contribution is -2.40. The van der Waals surface area contributed by atoms with Gasteiger partial charge in [-0.15, -0.1) is 11.3 Å². The number of rotatable bonds is 5. The number of nitrogens with one attached hydrogen (secondary N) is 1. The largest absolute Gasteiger partial charge is 0.464 e. The second kappa shape index (κ2) is 6.27. The van der Waals surface area contributed by atoms with E-state index in [0.29, 0.717) is 13.0 Å². The van der Waals surface area contributed by atoms with Gasteiger partial charge < -0.3 is 10.1 Å². The summed E-state index contributed by atoms with van der Waals surface area (Å²) in [6, 6.07) is 3.19. The average molecular weight is 241 g/mol. The van der Waals surface area contributed by atoms with Crippen molar-refractivity contribution in [1.82, 2.24) is 5.32 Å². The van der Waals surface area contributed by atoms with E-state index in [1.54, 1.807) is 13.8 Å². The molecule has 1 unspecified atom stereocenters. The minimum absolute atomic E-state index is 0.164. The fourth-order valence-electron chi connectivity index (χ4n) is 1.19. The second-order valence-electron chi connectivity index (χ2n) is 3.30. The van der Waals surface area contributed by atoms with Crippen molar-refractivity contribution in [1.29, 1.82) is 0 Å². The van der Waals surface area contributed by atoms with E-state index in [0.717, 1.165) is 4.88 Å². The molecule has 1 atom stereocenters. The van der Waals surface area contributed by atoms with Gasteiger partial charge in [0.2, 0.25) is 5.91 Å². The lowest BCUT2D eigenvalue weighted by atomic mass is 10.3. The molecule has 88 valence electrons. The van der Waals surface area contributed by atoms with Crippen LogP contribution in [0, 0.1) is 0 Å². The highest BCUT2D eigenvalue weighted by Crippen LogP contribution is 2.08.